The van der Waals surface area contributed by atoms with Gasteiger partial charge in [0.15, 0.2) is 5.96 Å². The van der Waals surface area contributed by atoms with E-state index in [-0.39, 0.29) is 41.4 Å². The van der Waals surface area contributed by atoms with Gasteiger partial charge in [-0.2, -0.15) is 0 Å². The largest absolute Gasteiger partial charge is 0.370 e. The molecule has 0 aromatic heterocycles. The lowest BCUT2D eigenvalue weighted by molar-refractivity contribution is 0.350. The molecule has 0 aliphatic heterocycles. The highest BCUT2D eigenvalue weighted by Gasteiger charge is 2.30. The monoisotopic (exact) mass is 391 g/mol. The summed E-state index contributed by atoms with van der Waals surface area (Å²) in [4.78, 5) is 4.46. The first-order valence-corrected chi connectivity index (χ1v) is 6.70. The Bertz CT molecular complexity index is 476. The second-order valence-corrected chi connectivity index (χ2v) is 6.27. The SMILES string of the molecule is CC(C)(C)NC(N)=NC1CC(c2cccc(F)c2)C1.I. The predicted octanol–water partition coefficient (Wildman–Crippen LogP) is 3.39. The van der Waals surface area contributed by atoms with Gasteiger partial charge in [0.05, 0.1) is 6.04 Å². The van der Waals surface area contributed by atoms with Gasteiger partial charge < -0.3 is 11.1 Å². The second-order valence-electron chi connectivity index (χ2n) is 6.27. The summed E-state index contributed by atoms with van der Waals surface area (Å²) in [5.74, 6) is 0.737. The Morgan fingerprint density at radius 1 is 1.35 bits per heavy atom. The van der Waals surface area contributed by atoms with E-state index < -0.39 is 0 Å². The molecule has 3 nitrogen and oxygen atoms in total. The molecule has 0 heterocycles. The van der Waals surface area contributed by atoms with Gasteiger partial charge in [-0.3, -0.25) is 4.99 Å². The number of halogens is 2. The van der Waals surface area contributed by atoms with Gasteiger partial charge in [0.2, 0.25) is 0 Å². The van der Waals surface area contributed by atoms with Crippen molar-refractivity contribution in [2.24, 2.45) is 10.7 Å². The molecule has 0 saturated heterocycles. The molecule has 0 unspecified atom stereocenters. The molecule has 2 rings (SSSR count). The van der Waals surface area contributed by atoms with Crippen LogP contribution in [0.1, 0.15) is 45.1 Å². The third-order valence-corrected chi connectivity index (χ3v) is 3.26. The van der Waals surface area contributed by atoms with Gasteiger partial charge in [0.25, 0.3) is 0 Å². The van der Waals surface area contributed by atoms with E-state index in [2.05, 4.69) is 10.3 Å². The van der Waals surface area contributed by atoms with Crippen molar-refractivity contribution < 1.29 is 4.39 Å². The Labute approximate surface area is 137 Å². The number of guanidine groups is 1. The summed E-state index contributed by atoms with van der Waals surface area (Å²) in [5, 5.41) is 3.15. The topological polar surface area (TPSA) is 50.4 Å². The summed E-state index contributed by atoms with van der Waals surface area (Å²) in [7, 11) is 0. The fraction of sp³-hybridized carbons (Fsp3) is 0.533. The third kappa shape index (κ3) is 4.92. The maximum Gasteiger partial charge on any atom is 0.189 e. The van der Waals surface area contributed by atoms with E-state index in [1.165, 1.54) is 6.07 Å². The van der Waals surface area contributed by atoms with Gasteiger partial charge in [-0.1, -0.05) is 12.1 Å². The minimum absolute atomic E-state index is 0. The van der Waals surface area contributed by atoms with E-state index in [0.717, 1.165) is 18.4 Å². The smallest absolute Gasteiger partial charge is 0.189 e. The maximum atomic E-state index is 13.1. The van der Waals surface area contributed by atoms with Crippen LogP contribution in [0, 0.1) is 5.82 Å². The first-order valence-electron chi connectivity index (χ1n) is 6.70. The fourth-order valence-corrected chi connectivity index (χ4v) is 2.34. The van der Waals surface area contributed by atoms with Crippen LogP contribution in [-0.4, -0.2) is 17.5 Å². The molecule has 112 valence electrons. The lowest BCUT2D eigenvalue weighted by Gasteiger charge is -2.33. The van der Waals surface area contributed by atoms with Crippen molar-refractivity contribution in [1.82, 2.24) is 5.32 Å². The fourth-order valence-electron chi connectivity index (χ4n) is 2.34. The highest BCUT2D eigenvalue weighted by molar-refractivity contribution is 14.0. The molecule has 1 aromatic carbocycles. The molecule has 1 aliphatic carbocycles. The molecule has 0 atom stereocenters. The van der Waals surface area contributed by atoms with E-state index in [9.17, 15) is 4.39 Å². The van der Waals surface area contributed by atoms with Gasteiger partial charge in [-0.05, 0) is 57.2 Å². The molecule has 20 heavy (non-hydrogen) atoms. The summed E-state index contributed by atoms with van der Waals surface area (Å²) in [6, 6.07) is 7.08. The van der Waals surface area contributed by atoms with E-state index in [1.807, 2.05) is 26.8 Å². The Kier molecular flexibility index (Phi) is 5.79. The van der Waals surface area contributed by atoms with Crippen molar-refractivity contribution in [3.8, 4) is 0 Å². The molecule has 1 fully saturated rings. The lowest BCUT2D eigenvalue weighted by atomic mass is 9.76. The molecule has 1 saturated carbocycles. The minimum atomic E-state index is -0.168. The Hall–Kier alpha value is -0.850. The number of aliphatic imine (C=N–C) groups is 1. The number of nitrogens with two attached hydrogens (primary N) is 1. The zero-order chi connectivity index (χ0) is 14.0. The van der Waals surface area contributed by atoms with Crippen LogP contribution in [0.4, 0.5) is 4.39 Å². The molecule has 3 N–H and O–H groups in total. The lowest BCUT2D eigenvalue weighted by Crippen LogP contribution is -2.46. The van der Waals surface area contributed by atoms with Crippen molar-refractivity contribution >= 4 is 29.9 Å². The molecule has 0 bridgehead atoms. The van der Waals surface area contributed by atoms with Crippen molar-refractivity contribution in [2.45, 2.75) is 51.1 Å². The second kappa shape index (κ2) is 6.74. The standard InChI is InChI=1S/C15H22FN3.HI/c1-15(2,3)19-14(17)18-13-8-11(9-13)10-5-4-6-12(16)7-10;/h4-7,11,13H,8-9H2,1-3H3,(H3,17,18,19);1H. The van der Waals surface area contributed by atoms with Gasteiger partial charge in [-0.25, -0.2) is 4.39 Å². The molecule has 0 spiro atoms. The van der Waals surface area contributed by atoms with Crippen LogP contribution in [0.5, 0.6) is 0 Å². The van der Waals surface area contributed by atoms with E-state index in [0.29, 0.717) is 11.9 Å². The number of hydrogen-bond acceptors (Lipinski definition) is 1. The average molecular weight is 391 g/mol. The van der Waals surface area contributed by atoms with Crippen LogP contribution in [0.25, 0.3) is 0 Å². The first-order chi connectivity index (χ1) is 8.83. The van der Waals surface area contributed by atoms with Gasteiger partial charge in [0.1, 0.15) is 5.82 Å². The van der Waals surface area contributed by atoms with Crippen molar-refractivity contribution in [3.63, 3.8) is 0 Å². The summed E-state index contributed by atoms with van der Waals surface area (Å²) in [5.41, 5.74) is 6.85. The number of nitrogens with zero attached hydrogens (tertiary/aromatic N) is 1. The van der Waals surface area contributed by atoms with E-state index >= 15 is 0 Å². The van der Waals surface area contributed by atoms with Gasteiger partial charge in [0, 0.05) is 5.54 Å². The maximum absolute atomic E-state index is 13.1. The van der Waals surface area contributed by atoms with Crippen molar-refractivity contribution in [3.05, 3.63) is 35.6 Å². The first kappa shape index (κ1) is 17.2. The third-order valence-electron chi connectivity index (χ3n) is 3.26. The number of benzene rings is 1. The normalized spacial score (nSPS) is 22.7. The van der Waals surface area contributed by atoms with Crippen LogP contribution in [0.15, 0.2) is 29.3 Å². The van der Waals surface area contributed by atoms with Crippen molar-refractivity contribution in [1.29, 1.82) is 0 Å². The van der Waals surface area contributed by atoms with E-state index in [1.54, 1.807) is 12.1 Å². The van der Waals surface area contributed by atoms with Crippen LogP contribution in [0.2, 0.25) is 0 Å². The number of hydrogen-bond donors (Lipinski definition) is 2. The molecular formula is C15H23FIN3. The molecule has 1 aromatic rings. The molecule has 0 amide bonds. The van der Waals surface area contributed by atoms with Crippen LogP contribution < -0.4 is 11.1 Å². The Morgan fingerprint density at radius 2 is 2.00 bits per heavy atom. The number of rotatable bonds is 2. The summed E-state index contributed by atoms with van der Waals surface area (Å²) in [6.07, 6.45) is 1.88. The summed E-state index contributed by atoms with van der Waals surface area (Å²) < 4.78 is 13.1. The Balaban J connectivity index is 0.00000200. The Morgan fingerprint density at radius 3 is 2.55 bits per heavy atom. The zero-order valence-corrected chi connectivity index (χ0v) is 14.5. The molecule has 1 aliphatic rings. The van der Waals surface area contributed by atoms with Crippen LogP contribution >= 0.6 is 24.0 Å². The number of nitrogens with one attached hydrogen (secondary N) is 1. The molecule has 5 heteroatoms. The van der Waals surface area contributed by atoms with Crippen molar-refractivity contribution in [2.75, 3.05) is 0 Å². The highest BCUT2D eigenvalue weighted by Crippen LogP contribution is 2.38. The molecule has 0 radical (unpaired) electrons. The average Bonchev–Trinajstić information content (AvgIpc) is 2.20. The van der Waals surface area contributed by atoms with Gasteiger partial charge >= 0.3 is 0 Å². The highest BCUT2D eigenvalue weighted by atomic mass is 127. The van der Waals surface area contributed by atoms with Crippen LogP contribution in [-0.2, 0) is 0 Å². The van der Waals surface area contributed by atoms with Crippen LogP contribution in [0.3, 0.4) is 0 Å². The zero-order valence-electron chi connectivity index (χ0n) is 12.2. The molecular weight excluding hydrogens is 368 g/mol. The summed E-state index contributed by atoms with van der Waals surface area (Å²) in [6.45, 7) is 6.14. The van der Waals surface area contributed by atoms with E-state index in [4.69, 9.17) is 5.73 Å². The quantitative estimate of drug-likeness (QED) is 0.461. The van der Waals surface area contributed by atoms with Gasteiger partial charge in [-0.15, -0.1) is 24.0 Å². The summed E-state index contributed by atoms with van der Waals surface area (Å²) >= 11 is 0. The minimum Gasteiger partial charge on any atom is -0.370 e. The predicted molar refractivity (Wildman–Crippen MR) is 92.1 cm³/mol.